The van der Waals surface area contributed by atoms with Gasteiger partial charge < -0.3 is 4.79 Å². The van der Waals surface area contributed by atoms with E-state index in [1.165, 1.54) is 11.1 Å². The molecule has 0 aliphatic rings. The Labute approximate surface area is 98.2 Å². The third-order valence-electron chi connectivity index (χ3n) is 2.58. The van der Waals surface area contributed by atoms with Crippen molar-refractivity contribution in [1.82, 2.24) is 0 Å². The Balaban J connectivity index is 2.51. The fourth-order valence-electron chi connectivity index (χ4n) is 1.50. The number of allylic oxidation sites excluding steroid dienone is 1. The molecule has 86 valence electrons. The van der Waals surface area contributed by atoms with Gasteiger partial charge in [0.15, 0.2) is 0 Å². The van der Waals surface area contributed by atoms with Crippen LogP contribution in [0.3, 0.4) is 0 Å². The molecule has 1 rings (SSSR count). The van der Waals surface area contributed by atoms with Crippen LogP contribution in [0.5, 0.6) is 0 Å². The van der Waals surface area contributed by atoms with E-state index < -0.39 is 0 Å². The molecule has 0 aliphatic heterocycles. The third-order valence-corrected chi connectivity index (χ3v) is 2.58. The molecule has 0 radical (unpaired) electrons. The second-order valence-electron chi connectivity index (χ2n) is 4.46. The highest BCUT2D eigenvalue weighted by Crippen LogP contribution is 2.15. The fourth-order valence-corrected chi connectivity index (χ4v) is 1.50. The average molecular weight is 216 g/mol. The van der Waals surface area contributed by atoms with E-state index in [-0.39, 0.29) is 5.78 Å². The highest BCUT2D eigenvalue weighted by atomic mass is 16.1. The first kappa shape index (κ1) is 12.7. The largest absolute Gasteiger partial charge is 0.300 e. The van der Waals surface area contributed by atoms with Crippen molar-refractivity contribution in [3.8, 4) is 0 Å². The van der Waals surface area contributed by atoms with E-state index in [0.717, 1.165) is 6.42 Å². The van der Waals surface area contributed by atoms with Crippen molar-refractivity contribution < 1.29 is 4.79 Å². The lowest BCUT2D eigenvalue weighted by Gasteiger charge is -2.04. The standard InChI is InChI=1S/C15H20O/c1-12(2)15-10-8-14(9-11-15)7-5-4-6-13(3)16/h5,7-12H,4,6H2,1-3H3/b7-5+. The van der Waals surface area contributed by atoms with Gasteiger partial charge in [0, 0.05) is 6.42 Å². The monoisotopic (exact) mass is 216 g/mol. The summed E-state index contributed by atoms with van der Waals surface area (Å²) in [6, 6.07) is 8.57. The van der Waals surface area contributed by atoms with Crippen molar-refractivity contribution in [1.29, 1.82) is 0 Å². The van der Waals surface area contributed by atoms with Gasteiger partial charge in [-0.15, -0.1) is 0 Å². The molecule has 0 saturated carbocycles. The first-order valence-corrected chi connectivity index (χ1v) is 5.85. The smallest absolute Gasteiger partial charge is 0.130 e. The van der Waals surface area contributed by atoms with E-state index in [1.807, 2.05) is 0 Å². The predicted octanol–water partition coefficient (Wildman–Crippen LogP) is 4.19. The van der Waals surface area contributed by atoms with Crippen LogP contribution < -0.4 is 0 Å². The van der Waals surface area contributed by atoms with Gasteiger partial charge in [0.25, 0.3) is 0 Å². The van der Waals surface area contributed by atoms with Gasteiger partial charge in [-0.05, 0) is 30.4 Å². The zero-order valence-corrected chi connectivity index (χ0v) is 10.4. The summed E-state index contributed by atoms with van der Waals surface area (Å²) in [5, 5.41) is 0. The number of hydrogen-bond donors (Lipinski definition) is 0. The average Bonchev–Trinajstić information content (AvgIpc) is 2.25. The summed E-state index contributed by atoms with van der Waals surface area (Å²) in [6.45, 7) is 6.01. The summed E-state index contributed by atoms with van der Waals surface area (Å²) < 4.78 is 0. The minimum atomic E-state index is 0.250. The van der Waals surface area contributed by atoms with E-state index in [1.54, 1.807) is 6.92 Å². The van der Waals surface area contributed by atoms with Crippen LogP contribution in [-0.2, 0) is 4.79 Å². The minimum absolute atomic E-state index is 0.250. The zero-order chi connectivity index (χ0) is 12.0. The molecule has 0 heterocycles. The summed E-state index contributed by atoms with van der Waals surface area (Å²) in [5.41, 5.74) is 2.56. The summed E-state index contributed by atoms with van der Waals surface area (Å²) in [7, 11) is 0. The van der Waals surface area contributed by atoms with Crippen LogP contribution in [-0.4, -0.2) is 5.78 Å². The molecule has 0 spiro atoms. The summed E-state index contributed by atoms with van der Waals surface area (Å²) >= 11 is 0. The molecule has 0 saturated heterocycles. The van der Waals surface area contributed by atoms with E-state index in [0.29, 0.717) is 12.3 Å². The minimum Gasteiger partial charge on any atom is -0.300 e. The van der Waals surface area contributed by atoms with Gasteiger partial charge in [-0.2, -0.15) is 0 Å². The van der Waals surface area contributed by atoms with Crippen LogP contribution in [0.4, 0.5) is 0 Å². The molecule has 1 aromatic carbocycles. The van der Waals surface area contributed by atoms with Crippen molar-refractivity contribution >= 4 is 11.9 Å². The highest BCUT2D eigenvalue weighted by molar-refractivity contribution is 5.75. The summed E-state index contributed by atoms with van der Waals surface area (Å²) in [5.74, 6) is 0.829. The van der Waals surface area contributed by atoms with Crippen molar-refractivity contribution in [3.63, 3.8) is 0 Å². The van der Waals surface area contributed by atoms with E-state index in [2.05, 4.69) is 50.3 Å². The topological polar surface area (TPSA) is 17.1 Å². The Kier molecular flexibility index (Phi) is 4.97. The van der Waals surface area contributed by atoms with Crippen LogP contribution in [0.15, 0.2) is 30.3 Å². The Morgan fingerprint density at radius 3 is 2.38 bits per heavy atom. The zero-order valence-electron chi connectivity index (χ0n) is 10.4. The first-order valence-electron chi connectivity index (χ1n) is 5.85. The molecular weight excluding hydrogens is 196 g/mol. The number of hydrogen-bond acceptors (Lipinski definition) is 1. The quantitative estimate of drug-likeness (QED) is 0.721. The molecule has 1 aromatic rings. The van der Waals surface area contributed by atoms with Crippen molar-refractivity contribution in [2.24, 2.45) is 0 Å². The predicted molar refractivity (Wildman–Crippen MR) is 69.5 cm³/mol. The van der Waals surface area contributed by atoms with Crippen LogP contribution in [0.25, 0.3) is 6.08 Å². The first-order chi connectivity index (χ1) is 7.59. The Hall–Kier alpha value is -1.37. The maximum absolute atomic E-state index is 10.7. The van der Waals surface area contributed by atoms with Crippen molar-refractivity contribution in [2.75, 3.05) is 0 Å². The number of rotatable bonds is 5. The lowest BCUT2D eigenvalue weighted by atomic mass is 10.0. The third kappa shape index (κ3) is 4.43. The van der Waals surface area contributed by atoms with E-state index >= 15 is 0 Å². The molecule has 0 unspecified atom stereocenters. The van der Waals surface area contributed by atoms with Crippen LogP contribution in [0, 0.1) is 0 Å². The van der Waals surface area contributed by atoms with Crippen LogP contribution in [0.1, 0.15) is 50.7 Å². The molecule has 1 nitrogen and oxygen atoms in total. The second-order valence-corrected chi connectivity index (χ2v) is 4.46. The molecule has 0 N–H and O–H groups in total. The Morgan fingerprint density at radius 1 is 1.25 bits per heavy atom. The molecule has 0 fully saturated rings. The number of carbonyl (C=O) groups excluding carboxylic acids is 1. The second kappa shape index (κ2) is 6.26. The molecule has 0 bridgehead atoms. The van der Waals surface area contributed by atoms with Crippen LogP contribution >= 0.6 is 0 Å². The van der Waals surface area contributed by atoms with Gasteiger partial charge in [0.1, 0.15) is 5.78 Å². The fraction of sp³-hybridized carbons (Fsp3) is 0.400. The van der Waals surface area contributed by atoms with E-state index in [9.17, 15) is 4.79 Å². The lowest BCUT2D eigenvalue weighted by Crippen LogP contribution is -1.87. The van der Waals surface area contributed by atoms with Gasteiger partial charge in [0.2, 0.25) is 0 Å². The molecular formula is C15H20O. The number of Topliss-reactive ketones (excluding diaryl/α,β-unsaturated/α-hetero) is 1. The maximum atomic E-state index is 10.7. The normalized spacial score (nSPS) is 11.2. The summed E-state index contributed by atoms with van der Waals surface area (Å²) in [4.78, 5) is 10.7. The van der Waals surface area contributed by atoms with E-state index in [4.69, 9.17) is 0 Å². The molecule has 0 aliphatic carbocycles. The molecule has 0 atom stereocenters. The SMILES string of the molecule is CC(=O)CC/C=C/c1ccc(C(C)C)cc1. The van der Waals surface area contributed by atoms with Gasteiger partial charge in [-0.25, -0.2) is 0 Å². The number of ketones is 1. The van der Waals surface area contributed by atoms with Crippen molar-refractivity contribution in [3.05, 3.63) is 41.5 Å². The van der Waals surface area contributed by atoms with Crippen LogP contribution in [0.2, 0.25) is 0 Å². The van der Waals surface area contributed by atoms with Gasteiger partial charge in [-0.1, -0.05) is 50.3 Å². The lowest BCUT2D eigenvalue weighted by molar-refractivity contribution is -0.116. The molecule has 1 heteroatoms. The summed E-state index contributed by atoms with van der Waals surface area (Å²) in [6.07, 6.45) is 5.61. The number of benzene rings is 1. The highest BCUT2D eigenvalue weighted by Gasteiger charge is 1.96. The Bertz CT molecular complexity index is 358. The molecule has 0 amide bonds. The Morgan fingerprint density at radius 2 is 1.88 bits per heavy atom. The van der Waals surface area contributed by atoms with Crippen molar-refractivity contribution in [2.45, 2.75) is 39.5 Å². The van der Waals surface area contributed by atoms with Gasteiger partial charge in [0.05, 0.1) is 0 Å². The van der Waals surface area contributed by atoms with Gasteiger partial charge >= 0.3 is 0 Å². The molecule has 0 aromatic heterocycles. The number of carbonyl (C=O) groups is 1. The van der Waals surface area contributed by atoms with Gasteiger partial charge in [-0.3, -0.25) is 0 Å². The molecule has 16 heavy (non-hydrogen) atoms. The maximum Gasteiger partial charge on any atom is 0.130 e.